The Kier molecular flexibility index (Phi) is 5.86. The molecule has 106 valence electrons. The predicted molar refractivity (Wildman–Crippen MR) is 85.4 cm³/mol. The maximum atomic E-state index is 3.65. The zero-order chi connectivity index (χ0) is 13.7. The molecule has 0 radical (unpaired) electrons. The summed E-state index contributed by atoms with van der Waals surface area (Å²) in [6, 6.07) is 9.01. The number of benzene rings is 1. The van der Waals surface area contributed by atoms with E-state index in [1.807, 2.05) is 0 Å². The molecule has 0 amide bonds. The van der Waals surface area contributed by atoms with Gasteiger partial charge < -0.3 is 10.2 Å². The molecule has 1 aromatic carbocycles. The third-order valence-electron chi connectivity index (χ3n) is 4.19. The quantitative estimate of drug-likeness (QED) is 0.885. The van der Waals surface area contributed by atoms with E-state index in [4.69, 9.17) is 0 Å². The smallest absolute Gasteiger partial charge is 0.0292 e. The van der Waals surface area contributed by atoms with Gasteiger partial charge in [-0.2, -0.15) is 0 Å². The Balaban J connectivity index is 1.70. The highest BCUT2D eigenvalue weighted by Gasteiger charge is 2.16. The SMILES string of the molecule is CC(NCCC1CCN(C)CC1)c1cccc(Br)c1. The summed E-state index contributed by atoms with van der Waals surface area (Å²) in [6.07, 6.45) is 4.04. The van der Waals surface area contributed by atoms with Gasteiger partial charge in [0.05, 0.1) is 0 Å². The fourth-order valence-electron chi connectivity index (χ4n) is 2.75. The van der Waals surface area contributed by atoms with Gasteiger partial charge in [-0.25, -0.2) is 0 Å². The van der Waals surface area contributed by atoms with E-state index in [9.17, 15) is 0 Å². The van der Waals surface area contributed by atoms with Crippen molar-refractivity contribution in [3.8, 4) is 0 Å². The average Bonchev–Trinajstić information content (AvgIpc) is 2.41. The fourth-order valence-corrected chi connectivity index (χ4v) is 3.17. The lowest BCUT2D eigenvalue weighted by Crippen LogP contribution is -2.32. The molecule has 1 N–H and O–H groups in total. The van der Waals surface area contributed by atoms with Gasteiger partial charge in [-0.1, -0.05) is 28.1 Å². The highest BCUT2D eigenvalue weighted by Crippen LogP contribution is 2.20. The second-order valence-corrected chi connectivity index (χ2v) is 6.68. The van der Waals surface area contributed by atoms with E-state index in [1.54, 1.807) is 0 Å². The first-order valence-electron chi connectivity index (χ1n) is 7.32. The first-order valence-corrected chi connectivity index (χ1v) is 8.12. The van der Waals surface area contributed by atoms with Crippen LogP contribution in [-0.2, 0) is 0 Å². The normalized spacial score (nSPS) is 19.5. The van der Waals surface area contributed by atoms with E-state index >= 15 is 0 Å². The number of nitrogens with zero attached hydrogens (tertiary/aromatic N) is 1. The van der Waals surface area contributed by atoms with Crippen LogP contribution in [0.1, 0.15) is 37.8 Å². The molecular weight excluding hydrogens is 300 g/mol. The molecule has 1 heterocycles. The molecule has 1 aliphatic rings. The molecule has 1 atom stereocenters. The number of nitrogens with one attached hydrogen (secondary N) is 1. The van der Waals surface area contributed by atoms with Gasteiger partial charge >= 0.3 is 0 Å². The van der Waals surface area contributed by atoms with Crippen molar-refractivity contribution in [1.82, 2.24) is 10.2 Å². The molecule has 1 aromatic rings. The first kappa shape index (κ1) is 15.0. The Morgan fingerprint density at radius 2 is 2.11 bits per heavy atom. The average molecular weight is 325 g/mol. The van der Waals surface area contributed by atoms with E-state index < -0.39 is 0 Å². The molecule has 3 heteroatoms. The molecule has 1 fully saturated rings. The summed E-state index contributed by atoms with van der Waals surface area (Å²) >= 11 is 3.53. The van der Waals surface area contributed by atoms with Crippen molar-refractivity contribution in [1.29, 1.82) is 0 Å². The van der Waals surface area contributed by atoms with Gasteiger partial charge in [0.2, 0.25) is 0 Å². The number of piperidine rings is 1. The highest BCUT2D eigenvalue weighted by atomic mass is 79.9. The lowest BCUT2D eigenvalue weighted by Gasteiger charge is -2.29. The van der Waals surface area contributed by atoms with Crippen molar-refractivity contribution in [3.05, 3.63) is 34.3 Å². The van der Waals surface area contributed by atoms with Crippen LogP contribution in [-0.4, -0.2) is 31.6 Å². The van der Waals surface area contributed by atoms with Gasteiger partial charge in [-0.05, 0) is 76.5 Å². The summed E-state index contributed by atoms with van der Waals surface area (Å²) in [6.45, 7) is 5.91. The standard InChI is InChI=1S/C16H25BrN2/c1-13(15-4-3-5-16(17)12-15)18-9-6-14-7-10-19(2)11-8-14/h3-5,12-14,18H,6-11H2,1-2H3. The maximum Gasteiger partial charge on any atom is 0.0292 e. The second-order valence-electron chi connectivity index (χ2n) is 5.77. The van der Waals surface area contributed by atoms with Crippen LogP contribution < -0.4 is 5.32 Å². The summed E-state index contributed by atoms with van der Waals surface area (Å²) < 4.78 is 1.16. The molecule has 19 heavy (non-hydrogen) atoms. The van der Waals surface area contributed by atoms with Gasteiger partial charge in [0.1, 0.15) is 0 Å². The summed E-state index contributed by atoms with van der Waals surface area (Å²) in [5.74, 6) is 0.915. The molecule has 0 aromatic heterocycles. The number of hydrogen-bond donors (Lipinski definition) is 1. The van der Waals surface area contributed by atoms with E-state index in [-0.39, 0.29) is 0 Å². The third kappa shape index (κ3) is 4.90. The minimum absolute atomic E-state index is 0.434. The maximum absolute atomic E-state index is 3.65. The van der Waals surface area contributed by atoms with Crippen LogP contribution in [0.2, 0.25) is 0 Å². The number of hydrogen-bond acceptors (Lipinski definition) is 2. The lowest BCUT2D eigenvalue weighted by atomic mass is 9.93. The molecule has 0 bridgehead atoms. The Morgan fingerprint density at radius 1 is 1.37 bits per heavy atom. The Bertz CT molecular complexity index is 386. The zero-order valence-electron chi connectivity index (χ0n) is 12.0. The molecule has 1 unspecified atom stereocenters. The molecule has 2 rings (SSSR count). The monoisotopic (exact) mass is 324 g/mol. The molecule has 1 aliphatic heterocycles. The van der Waals surface area contributed by atoms with Crippen LogP contribution in [0.15, 0.2) is 28.7 Å². The van der Waals surface area contributed by atoms with Crippen LogP contribution in [0.25, 0.3) is 0 Å². The van der Waals surface area contributed by atoms with Gasteiger partial charge in [0.25, 0.3) is 0 Å². The van der Waals surface area contributed by atoms with Gasteiger partial charge in [-0.3, -0.25) is 0 Å². The van der Waals surface area contributed by atoms with Crippen LogP contribution in [0, 0.1) is 5.92 Å². The van der Waals surface area contributed by atoms with Crippen LogP contribution in [0.3, 0.4) is 0 Å². The summed E-state index contributed by atoms with van der Waals surface area (Å²) in [5, 5.41) is 3.65. The largest absolute Gasteiger partial charge is 0.310 e. The van der Waals surface area contributed by atoms with E-state index in [2.05, 4.69) is 64.4 Å². The molecule has 0 saturated carbocycles. The second kappa shape index (κ2) is 7.41. The van der Waals surface area contributed by atoms with Crippen LogP contribution in [0.4, 0.5) is 0 Å². The molecular formula is C16H25BrN2. The Hall–Kier alpha value is -0.380. The topological polar surface area (TPSA) is 15.3 Å². The molecule has 2 nitrogen and oxygen atoms in total. The van der Waals surface area contributed by atoms with Crippen molar-refractivity contribution in [2.24, 2.45) is 5.92 Å². The minimum Gasteiger partial charge on any atom is -0.310 e. The van der Waals surface area contributed by atoms with Gasteiger partial charge in [0, 0.05) is 10.5 Å². The molecule has 0 spiro atoms. The van der Waals surface area contributed by atoms with Crippen molar-refractivity contribution in [2.45, 2.75) is 32.2 Å². The van der Waals surface area contributed by atoms with E-state index in [0.717, 1.165) is 16.9 Å². The molecule has 1 saturated heterocycles. The van der Waals surface area contributed by atoms with Crippen LogP contribution >= 0.6 is 15.9 Å². The van der Waals surface area contributed by atoms with Gasteiger partial charge in [-0.15, -0.1) is 0 Å². The fraction of sp³-hybridized carbons (Fsp3) is 0.625. The Morgan fingerprint density at radius 3 is 2.79 bits per heavy atom. The van der Waals surface area contributed by atoms with Crippen molar-refractivity contribution in [2.75, 3.05) is 26.7 Å². The van der Waals surface area contributed by atoms with E-state index in [1.165, 1.54) is 37.9 Å². The Labute approximate surface area is 125 Å². The third-order valence-corrected chi connectivity index (χ3v) is 4.68. The zero-order valence-corrected chi connectivity index (χ0v) is 13.6. The predicted octanol–water partition coefficient (Wildman–Crippen LogP) is 3.83. The number of halogens is 1. The first-order chi connectivity index (χ1) is 9.15. The summed E-state index contributed by atoms with van der Waals surface area (Å²) in [4.78, 5) is 2.44. The van der Waals surface area contributed by atoms with Gasteiger partial charge in [0.15, 0.2) is 0 Å². The van der Waals surface area contributed by atoms with Crippen molar-refractivity contribution >= 4 is 15.9 Å². The van der Waals surface area contributed by atoms with Crippen LogP contribution in [0.5, 0.6) is 0 Å². The minimum atomic E-state index is 0.434. The molecule has 0 aliphatic carbocycles. The number of rotatable bonds is 5. The van der Waals surface area contributed by atoms with Crippen molar-refractivity contribution < 1.29 is 0 Å². The lowest BCUT2D eigenvalue weighted by molar-refractivity contribution is 0.211. The summed E-state index contributed by atoms with van der Waals surface area (Å²) in [5.41, 5.74) is 1.36. The number of likely N-dealkylation sites (tertiary alicyclic amines) is 1. The van der Waals surface area contributed by atoms with Crippen molar-refractivity contribution in [3.63, 3.8) is 0 Å². The highest BCUT2D eigenvalue weighted by molar-refractivity contribution is 9.10. The van der Waals surface area contributed by atoms with E-state index in [0.29, 0.717) is 6.04 Å². The summed E-state index contributed by atoms with van der Waals surface area (Å²) in [7, 11) is 2.23.